The summed E-state index contributed by atoms with van der Waals surface area (Å²) < 4.78 is 6.06. The molecule has 31 heavy (non-hydrogen) atoms. The Hall–Kier alpha value is -3.76. The van der Waals surface area contributed by atoms with E-state index in [0.29, 0.717) is 23.7 Å². The minimum Gasteiger partial charge on any atom is -0.497 e. The van der Waals surface area contributed by atoms with Gasteiger partial charge in [-0.3, -0.25) is 4.79 Å². The van der Waals surface area contributed by atoms with Crippen LogP contribution in [0.3, 0.4) is 0 Å². The summed E-state index contributed by atoms with van der Waals surface area (Å²) in [5.74, 6) is 1.00. The molecule has 0 saturated carbocycles. The van der Waals surface area contributed by atoms with E-state index >= 15 is 0 Å². The minimum absolute atomic E-state index is 0.0710. The van der Waals surface area contributed by atoms with Crippen molar-refractivity contribution in [2.45, 2.75) is 6.54 Å². The van der Waals surface area contributed by atoms with Gasteiger partial charge in [-0.05, 0) is 57.4 Å². The van der Waals surface area contributed by atoms with Crippen LogP contribution >= 0.6 is 15.9 Å². The predicted molar refractivity (Wildman–Crippen MR) is 124 cm³/mol. The van der Waals surface area contributed by atoms with Gasteiger partial charge in [-0.15, -0.1) is 0 Å². The molecule has 2 heterocycles. The number of benzene rings is 2. The fourth-order valence-electron chi connectivity index (χ4n) is 3.21. The number of rotatable bonds is 3. The van der Waals surface area contributed by atoms with Gasteiger partial charge < -0.3 is 9.64 Å². The van der Waals surface area contributed by atoms with E-state index in [1.54, 1.807) is 31.4 Å². The highest BCUT2D eigenvalue weighted by molar-refractivity contribution is 9.11. The van der Waals surface area contributed by atoms with Gasteiger partial charge in [-0.1, -0.05) is 36.4 Å². The number of amides is 1. The maximum absolute atomic E-state index is 12.9. The summed E-state index contributed by atoms with van der Waals surface area (Å²) in [6, 6.07) is 16.7. The van der Waals surface area contributed by atoms with E-state index in [2.05, 4.69) is 25.9 Å². The SMILES string of the molecule is COc1ccc(/C=C(\C#N)C(=O)N=C2N=C3C=CC(Br)=CN3Cc3ccccc32)cc1. The number of fused-ring (bicyclic) bond motifs is 2. The number of carbonyl (C=O) groups is 1. The van der Waals surface area contributed by atoms with E-state index in [1.165, 1.54) is 6.08 Å². The first-order chi connectivity index (χ1) is 15.1. The Morgan fingerprint density at radius 1 is 1.23 bits per heavy atom. The lowest BCUT2D eigenvalue weighted by atomic mass is 10.1. The largest absolute Gasteiger partial charge is 0.497 e. The third-order valence-electron chi connectivity index (χ3n) is 4.77. The molecule has 0 fully saturated rings. The minimum atomic E-state index is -0.641. The number of amidine groups is 2. The number of aliphatic imine (C=N–C) groups is 2. The van der Waals surface area contributed by atoms with Crippen LogP contribution in [0.1, 0.15) is 16.7 Å². The number of hydrogen-bond acceptors (Lipinski definition) is 4. The molecule has 0 atom stereocenters. The predicted octanol–water partition coefficient (Wildman–Crippen LogP) is 4.60. The maximum Gasteiger partial charge on any atom is 0.289 e. The molecule has 1 amide bonds. The van der Waals surface area contributed by atoms with Crippen molar-refractivity contribution in [3.05, 3.63) is 93.6 Å². The molecule has 0 saturated heterocycles. The van der Waals surface area contributed by atoms with E-state index in [-0.39, 0.29) is 11.4 Å². The van der Waals surface area contributed by atoms with Gasteiger partial charge >= 0.3 is 0 Å². The summed E-state index contributed by atoms with van der Waals surface area (Å²) in [5.41, 5.74) is 2.38. The molecule has 2 aliphatic heterocycles. The lowest BCUT2D eigenvalue weighted by Gasteiger charge is -2.21. The Labute approximate surface area is 188 Å². The fraction of sp³-hybridized carbons (Fsp3) is 0.0833. The van der Waals surface area contributed by atoms with Crippen LogP contribution in [0.4, 0.5) is 0 Å². The summed E-state index contributed by atoms with van der Waals surface area (Å²) in [5, 5.41) is 9.55. The molecule has 0 aliphatic carbocycles. The molecule has 0 bridgehead atoms. The zero-order valence-corrected chi connectivity index (χ0v) is 18.2. The van der Waals surface area contributed by atoms with E-state index in [9.17, 15) is 10.1 Å². The smallest absolute Gasteiger partial charge is 0.289 e. The van der Waals surface area contributed by atoms with Crippen molar-refractivity contribution in [1.29, 1.82) is 5.26 Å². The second-order valence-electron chi connectivity index (χ2n) is 6.79. The average Bonchev–Trinajstić information content (AvgIpc) is 2.94. The first kappa shape index (κ1) is 20.5. The molecule has 4 rings (SSSR count). The van der Waals surface area contributed by atoms with Gasteiger partial charge in [0.1, 0.15) is 23.2 Å². The summed E-state index contributed by atoms with van der Waals surface area (Å²) in [4.78, 5) is 23.7. The molecule has 2 aliphatic rings. The van der Waals surface area contributed by atoms with Gasteiger partial charge in [-0.25, -0.2) is 4.99 Å². The zero-order valence-electron chi connectivity index (χ0n) is 16.6. The fourth-order valence-corrected chi connectivity index (χ4v) is 3.59. The van der Waals surface area contributed by atoms with Gasteiger partial charge in [0, 0.05) is 22.8 Å². The first-order valence-corrected chi connectivity index (χ1v) is 10.2. The van der Waals surface area contributed by atoms with E-state index in [4.69, 9.17) is 4.74 Å². The molecule has 0 aromatic heterocycles. The molecule has 0 spiro atoms. The third kappa shape index (κ3) is 4.55. The van der Waals surface area contributed by atoms with E-state index in [0.717, 1.165) is 15.6 Å². The summed E-state index contributed by atoms with van der Waals surface area (Å²) in [6.45, 7) is 0.592. The molecule has 6 nitrogen and oxygen atoms in total. The van der Waals surface area contributed by atoms with Crippen LogP contribution in [0.25, 0.3) is 6.08 Å². The lowest BCUT2D eigenvalue weighted by molar-refractivity contribution is -0.113. The van der Waals surface area contributed by atoms with E-state index < -0.39 is 5.91 Å². The number of carbonyl (C=O) groups excluding carboxylic acids is 1. The van der Waals surface area contributed by atoms with Crippen LogP contribution < -0.4 is 4.74 Å². The zero-order chi connectivity index (χ0) is 21.8. The summed E-state index contributed by atoms with van der Waals surface area (Å²) in [6.07, 6.45) is 7.18. The highest BCUT2D eigenvalue weighted by Crippen LogP contribution is 2.24. The summed E-state index contributed by atoms with van der Waals surface area (Å²) >= 11 is 3.48. The lowest BCUT2D eigenvalue weighted by Crippen LogP contribution is -2.24. The average molecular weight is 473 g/mol. The number of ether oxygens (including phenoxy) is 1. The number of nitriles is 1. The standard InChI is InChI=1S/C24H17BrN4O2/c1-31-20-9-6-16(7-10-20)12-18(13-26)24(30)28-23-21-5-3-2-4-17(21)14-29-15-19(25)8-11-22(29)27-23/h2-12,15H,14H2,1H3/b18-12+,28-23?. The maximum atomic E-state index is 12.9. The van der Waals surface area contributed by atoms with Crippen LogP contribution in [0, 0.1) is 11.3 Å². The highest BCUT2D eigenvalue weighted by atomic mass is 79.9. The van der Waals surface area contributed by atoms with Crippen molar-refractivity contribution in [2.75, 3.05) is 7.11 Å². The van der Waals surface area contributed by atoms with Crippen molar-refractivity contribution < 1.29 is 9.53 Å². The van der Waals surface area contributed by atoms with Gasteiger partial charge in [0.05, 0.1) is 7.11 Å². The van der Waals surface area contributed by atoms with Crippen molar-refractivity contribution >= 4 is 39.6 Å². The van der Waals surface area contributed by atoms with Gasteiger partial charge in [-0.2, -0.15) is 10.3 Å². The number of methoxy groups -OCH3 is 1. The molecular formula is C24H17BrN4O2. The van der Waals surface area contributed by atoms with Gasteiger partial charge in [0.2, 0.25) is 0 Å². The second kappa shape index (κ2) is 8.94. The first-order valence-electron chi connectivity index (χ1n) is 9.45. The quantitative estimate of drug-likeness (QED) is 0.483. The molecule has 7 heteroatoms. The Kier molecular flexibility index (Phi) is 5.92. The van der Waals surface area contributed by atoms with Crippen molar-refractivity contribution in [3.63, 3.8) is 0 Å². The second-order valence-corrected chi connectivity index (χ2v) is 7.70. The molecule has 2 aromatic carbocycles. The van der Waals surface area contributed by atoms with Crippen LogP contribution in [-0.4, -0.2) is 29.6 Å². The van der Waals surface area contributed by atoms with Crippen LogP contribution in [-0.2, 0) is 11.3 Å². The van der Waals surface area contributed by atoms with Crippen LogP contribution in [0.15, 0.2) is 86.9 Å². The van der Waals surface area contributed by atoms with Gasteiger partial charge in [0.15, 0.2) is 5.84 Å². The highest BCUT2D eigenvalue weighted by Gasteiger charge is 2.22. The van der Waals surface area contributed by atoms with Crippen molar-refractivity contribution in [3.8, 4) is 11.8 Å². The molecule has 0 radical (unpaired) electrons. The van der Waals surface area contributed by atoms with Crippen molar-refractivity contribution in [2.24, 2.45) is 9.98 Å². The van der Waals surface area contributed by atoms with Gasteiger partial charge in [0.25, 0.3) is 5.91 Å². The van der Waals surface area contributed by atoms with Crippen LogP contribution in [0.5, 0.6) is 5.75 Å². The molecule has 2 aromatic rings. The number of allylic oxidation sites excluding steroid dienone is 2. The van der Waals surface area contributed by atoms with Crippen LogP contribution in [0.2, 0.25) is 0 Å². The Morgan fingerprint density at radius 2 is 2.00 bits per heavy atom. The monoisotopic (exact) mass is 472 g/mol. The Bertz CT molecular complexity index is 1230. The summed E-state index contributed by atoms with van der Waals surface area (Å²) in [7, 11) is 1.58. The number of nitrogens with zero attached hydrogens (tertiary/aromatic N) is 4. The topological polar surface area (TPSA) is 78.0 Å². The van der Waals surface area contributed by atoms with E-state index in [1.807, 2.05) is 53.6 Å². The Morgan fingerprint density at radius 3 is 2.74 bits per heavy atom. The van der Waals surface area contributed by atoms with Crippen molar-refractivity contribution in [1.82, 2.24) is 4.90 Å². The molecule has 0 unspecified atom stereocenters. The number of halogens is 1. The normalized spacial score (nSPS) is 16.5. The third-order valence-corrected chi connectivity index (χ3v) is 5.24. The molecule has 0 N–H and O–H groups in total. The molecule has 152 valence electrons. The Balaban J connectivity index is 1.73. The molecular weight excluding hydrogens is 456 g/mol. The number of hydrogen-bond donors (Lipinski definition) is 0.